The summed E-state index contributed by atoms with van der Waals surface area (Å²) in [5.41, 5.74) is 0.470. The van der Waals surface area contributed by atoms with Crippen molar-refractivity contribution in [3.05, 3.63) is 38.9 Å². The molecule has 140 valence electrons. The highest BCUT2D eigenvalue weighted by atomic mass is 16.6. The van der Waals surface area contributed by atoms with E-state index < -0.39 is 10.7 Å². The fourth-order valence-corrected chi connectivity index (χ4v) is 2.96. The smallest absolute Gasteiger partial charge is 0.419 e. The molecule has 0 saturated carbocycles. The Hall–Kier alpha value is -2.68. The van der Waals surface area contributed by atoms with Gasteiger partial charge in [0.25, 0.3) is 5.69 Å². The maximum Gasteiger partial charge on any atom is 0.419 e. The Morgan fingerprint density at radius 3 is 2.96 bits per heavy atom. The minimum Gasteiger partial charge on any atom is -0.463 e. The zero-order chi connectivity index (χ0) is 18.5. The van der Waals surface area contributed by atoms with Crippen LogP contribution in [0.2, 0.25) is 0 Å². The molecule has 0 spiro atoms. The van der Waals surface area contributed by atoms with E-state index in [0.29, 0.717) is 18.5 Å². The van der Waals surface area contributed by atoms with Crippen LogP contribution in [0, 0.1) is 10.1 Å². The Kier molecular flexibility index (Phi) is 5.67. The standard InChI is InChI=1S/C17H20N2O7/c20-16(25-11-13-4-1-2-9-24-13)5-3-8-18-14-7-6-12(19(22)23)10-15(14)26-17(18)21/h6-7,10,13H,1-5,8-9,11H2. The maximum absolute atomic E-state index is 11.9. The van der Waals surface area contributed by atoms with Crippen LogP contribution < -0.4 is 5.76 Å². The number of carbonyl (C=O) groups is 1. The van der Waals surface area contributed by atoms with Gasteiger partial charge in [-0.25, -0.2) is 4.79 Å². The van der Waals surface area contributed by atoms with Crippen molar-refractivity contribution in [2.45, 2.75) is 44.8 Å². The number of hydrogen-bond donors (Lipinski definition) is 0. The topological polar surface area (TPSA) is 114 Å². The second-order valence-electron chi connectivity index (χ2n) is 6.20. The van der Waals surface area contributed by atoms with Crippen LogP contribution >= 0.6 is 0 Å². The molecule has 0 bridgehead atoms. The summed E-state index contributed by atoms with van der Waals surface area (Å²) in [6.07, 6.45) is 3.56. The largest absolute Gasteiger partial charge is 0.463 e. The minimum atomic E-state index is -0.607. The lowest BCUT2D eigenvalue weighted by Gasteiger charge is -2.22. The number of aromatic nitrogens is 1. The zero-order valence-electron chi connectivity index (χ0n) is 14.2. The van der Waals surface area contributed by atoms with Gasteiger partial charge in [-0.1, -0.05) is 0 Å². The Balaban J connectivity index is 1.52. The molecule has 0 aliphatic carbocycles. The number of benzene rings is 1. The van der Waals surface area contributed by atoms with E-state index in [1.54, 1.807) is 0 Å². The van der Waals surface area contributed by atoms with Crippen LogP contribution in [0.1, 0.15) is 32.1 Å². The molecule has 1 aliphatic rings. The zero-order valence-corrected chi connectivity index (χ0v) is 14.2. The second kappa shape index (κ2) is 8.13. The number of ether oxygens (including phenoxy) is 2. The Bertz CT molecular complexity index is 848. The molecule has 0 radical (unpaired) electrons. The molecule has 9 nitrogen and oxygen atoms in total. The quantitative estimate of drug-likeness (QED) is 0.421. The lowest BCUT2D eigenvalue weighted by atomic mass is 10.1. The monoisotopic (exact) mass is 364 g/mol. The van der Waals surface area contributed by atoms with Crippen molar-refractivity contribution in [3.8, 4) is 0 Å². The molecule has 1 saturated heterocycles. The fourth-order valence-electron chi connectivity index (χ4n) is 2.96. The average molecular weight is 364 g/mol. The third-order valence-electron chi connectivity index (χ3n) is 4.33. The number of non-ortho nitro benzene ring substituents is 1. The van der Waals surface area contributed by atoms with Crippen LogP contribution in [0.3, 0.4) is 0 Å². The predicted molar refractivity (Wildman–Crippen MR) is 90.9 cm³/mol. The van der Waals surface area contributed by atoms with Crippen molar-refractivity contribution in [2.24, 2.45) is 0 Å². The van der Waals surface area contributed by atoms with Crippen molar-refractivity contribution in [1.29, 1.82) is 0 Å². The van der Waals surface area contributed by atoms with Gasteiger partial charge in [-0.05, 0) is 31.7 Å². The van der Waals surface area contributed by atoms with E-state index in [1.165, 1.54) is 22.8 Å². The summed E-state index contributed by atoms with van der Waals surface area (Å²) in [7, 11) is 0. The number of aryl methyl sites for hydroxylation is 1. The van der Waals surface area contributed by atoms with Gasteiger partial charge in [0.05, 0.1) is 22.6 Å². The molecule has 9 heteroatoms. The van der Waals surface area contributed by atoms with Gasteiger partial charge in [0.2, 0.25) is 0 Å². The maximum atomic E-state index is 11.9. The predicted octanol–water partition coefficient (Wildman–Crippen LogP) is 2.40. The van der Waals surface area contributed by atoms with Crippen LogP contribution in [0.15, 0.2) is 27.4 Å². The number of nitrogens with zero attached hydrogens (tertiary/aromatic N) is 2. The normalized spacial score (nSPS) is 17.3. The van der Waals surface area contributed by atoms with Gasteiger partial charge in [0.15, 0.2) is 5.58 Å². The van der Waals surface area contributed by atoms with Crippen LogP contribution in [0.25, 0.3) is 11.1 Å². The summed E-state index contributed by atoms with van der Waals surface area (Å²) < 4.78 is 17.1. The van der Waals surface area contributed by atoms with Crippen molar-refractivity contribution in [1.82, 2.24) is 4.57 Å². The molecular formula is C17H20N2O7. The molecule has 26 heavy (non-hydrogen) atoms. The summed E-state index contributed by atoms with van der Waals surface area (Å²) in [5.74, 6) is -0.944. The van der Waals surface area contributed by atoms with Crippen molar-refractivity contribution >= 4 is 22.8 Å². The molecule has 0 N–H and O–H groups in total. The minimum absolute atomic E-state index is 0.0241. The van der Waals surface area contributed by atoms with Crippen LogP contribution in [0.5, 0.6) is 0 Å². The summed E-state index contributed by atoms with van der Waals surface area (Å²) in [5, 5.41) is 10.8. The van der Waals surface area contributed by atoms with E-state index in [9.17, 15) is 19.7 Å². The first kappa shape index (κ1) is 18.1. The third kappa shape index (κ3) is 4.29. The number of hydrogen-bond acceptors (Lipinski definition) is 7. The molecule has 1 unspecified atom stereocenters. The van der Waals surface area contributed by atoms with Gasteiger partial charge in [0, 0.05) is 25.6 Å². The van der Waals surface area contributed by atoms with Gasteiger partial charge < -0.3 is 13.9 Å². The van der Waals surface area contributed by atoms with Crippen LogP contribution in [-0.2, 0) is 20.8 Å². The number of esters is 1. The second-order valence-corrected chi connectivity index (χ2v) is 6.20. The highest BCUT2D eigenvalue weighted by Gasteiger charge is 2.17. The number of rotatable bonds is 7. The van der Waals surface area contributed by atoms with Crippen molar-refractivity contribution in [3.63, 3.8) is 0 Å². The number of oxazole rings is 1. The molecule has 0 amide bonds. The summed E-state index contributed by atoms with van der Waals surface area (Å²) in [4.78, 5) is 34.0. The molecule has 2 heterocycles. The average Bonchev–Trinajstić information content (AvgIpc) is 2.95. The van der Waals surface area contributed by atoms with E-state index in [-0.39, 0.29) is 42.9 Å². The lowest BCUT2D eigenvalue weighted by molar-refractivity contribution is -0.384. The SMILES string of the molecule is O=C(CCCn1c(=O)oc2cc([N+](=O)[O-])ccc21)OCC1CCCCO1. The Labute approximate surface area is 148 Å². The summed E-state index contributed by atoms with van der Waals surface area (Å²) >= 11 is 0. The van der Waals surface area contributed by atoms with E-state index in [1.807, 2.05) is 0 Å². The first-order valence-electron chi connectivity index (χ1n) is 8.59. The van der Waals surface area contributed by atoms with Gasteiger partial charge in [-0.3, -0.25) is 19.5 Å². The van der Waals surface area contributed by atoms with Crippen molar-refractivity contribution in [2.75, 3.05) is 13.2 Å². The molecule has 1 aromatic heterocycles. The van der Waals surface area contributed by atoms with Crippen molar-refractivity contribution < 1.29 is 23.6 Å². The molecule has 1 fully saturated rings. The van der Waals surface area contributed by atoms with E-state index in [2.05, 4.69) is 0 Å². The summed E-state index contributed by atoms with van der Waals surface area (Å²) in [6, 6.07) is 4.00. The highest BCUT2D eigenvalue weighted by Crippen LogP contribution is 2.20. The first-order valence-corrected chi connectivity index (χ1v) is 8.59. The van der Waals surface area contributed by atoms with Crippen LogP contribution in [-0.4, -0.2) is 34.8 Å². The number of fused-ring (bicyclic) bond motifs is 1. The molecule has 1 atom stereocenters. The van der Waals surface area contributed by atoms with Gasteiger partial charge >= 0.3 is 11.7 Å². The van der Waals surface area contributed by atoms with Gasteiger partial charge in [-0.2, -0.15) is 0 Å². The van der Waals surface area contributed by atoms with E-state index in [4.69, 9.17) is 13.9 Å². The molecular weight excluding hydrogens is 344 g/mol. The third-order valence-corrected chi connectivity index (χ3v) is 4.33. The molecule has 1 aromatic carbocycles. The molecule has 2 aromatic rings. The first-order chi connectivity index (χ1) is 12.5. The lowest BCUT2D eigenvalue weighted by Crippen LogP contribution is -2.26. The number of nitro groups is 1. The van der Waals surface area contributed by atoms with Gasteiger partial charge in [-0.15, -0.1) is 0 Å². The Morgan fingerprint density at radius 2 is 2.23 bits per heavy atom. The fraction of sp³-hybridized carbons (Fsp3) is 0.529. The molecule has 1 aliphatic heterocycles. The highest BCUT2D eigenvalue weighted by molar-refractivity contribution is 5.75. The number of nitro benzene ring substituents is 1. The van der Waals surface area contributed by atoms with E-state index in [0.717, 1.165) is 19.3 Å². The van der Waals surface area contributed by atoms with E-state index >= 15 is 0 Å². The van der Waals surface area contributed by atoms with Crippen LogP contribution in [0.4, 0.5) is 5.69 Å². The molecule has 3 rings (SSSR count). The Morgan fingerprint density at radius 1 is 1.38 bits per heavy atom. The van der Waals surface area contributed by atoms with Gasteiger partial charge in [0.1, 0.15) is 6.61 Å². The number of carbonyl (C=O) groups excluding carboxylic acids is 1. The summed E-state index contributed by atoms with van der Waals surface area (Å²) in [6.45, 7) is 1.23.